The van der Waals surface area contributed by atoms with Crippen LogP contribution in [-0.2, 0) is 9.59 Å². The summed E-state index contributed by atoms with van der Waals surface area (Å²) in [6.07, 6.45) is 3.73. The lowest BCUT2D eigenvalue weighted by molar-refractivity contribution is -0.127. The summed E-state index contributed by atoms with van der Waals surface area (Å²) in [5.41, 5.74) is 2.89. The molecule has 2 amide bonds. The van der Waals surface area contributed by atoms with Gasteiger partial charge in [-0.1, -0.05) is 6.92 Å². The molecule has 0 aromatic heterocycles. The van der Waals surface area contributed by atoms with Crippen LogP contribution in [0.5, 0.6) is 0 Å². The smallest absolute Gasteiger partial charge is 0.270 e. The van der Waals surface area contributed by atoms with E-state index in [9.17, 15) is 9.59 Å². The van der Waals surface area contributed by atoms with Gasteiger partial charge in [0.1, 0.15) is 5.71 Å². The van der Waals surface area contributed by atoms with Crippen molar-refractivity contribution in [1.29, 1.82) is 0 Å². The molecule has 0 saturated carbocycles. The van der Waals surface area contributed by atoms with E-state index in [1.54, 1.807) is 0 Å². The highest BCUT2D eigenvalue weighted by Crippen LogP contribution is 2.15. The van der Waals surface area contributed by atoms with Crippen molar-refractivity contribution >= 4 is 17.5 Å². The van der Waals surface area contributed by atoms with E-state index in [1.807, 2.05) is 4.90 Å². The maximum atomic E-state index is 12.5. The topological polar surface area (TPSA) is 73.8 Å². The molecule has 106 valence electrons. The molecule has 0 aromatic carbocycles. The highest BCUT2D eigenvalue weighted by molar-refractivity contribution is 6.39. The molecule has 6 nitrogen and oxygen atoms in total. The number of hydrogen-bond acceptors (Lipinski definition) is 4. The molecule has 2 rings (SSSR count). The highest BCUT2D eigenvalue weighted by atomic mass is 16.2. The molecule has 0 radical (unpaired) electrons. The molecule has 1 saturated heterocycles. The Morgan fingerprint density at radius 1 is 1.37 bits per heavy atom. The summed E-state index contributed by atoms with van der Waals surface area (Å²) in [5.74, 6) is -0.116. The number of rotatable bonds is 4. The molecule has 2 aliphatic heterocycles. The highest BCUT2D eigenvalue weighted by Gasteiger charge is 2.29. The van der Waals surface area contributed by atoms with Crippen molar-refractivity contribution in [2.75, 3.05) is 19.6 Å². The molecule has 2 heterocycles. The van der Waals surface area contributed by atoms with Gasteiger partial charge < -0.3 is 10.2 Å². The van der Waals surface area contributed by atoms with Crippen molar-refractivity contribution in [3.63, 3.8) is 0 Å². The van der Waals surface area contributed by atoms with E-state index in [1.165, 1.54) is 0 Å². The van der Waals surface area contributed by atoms with E-state index >= 15 is 0 Å². The minimum atomic E-state index is -0.111. The number of hydrazone groups is 1. The van der Waals surface area contributed by atoms with Gasteiger partial charge in [-0.05, 0) is 32.4 Å². The van der Waals surface area contributed by atoms with Crippen LogP contribution < -0.4 is 10.7 Å². The lowest BCUT2D eigenvalue weighted by Crippen LogP contribution is -2.49. The minimum Gasteiger partial charge on any atom is -0.334 e. The summed E-state index contributed by atoms with van der Waals surface area (Å²) >= 11 is 0. The predicted octanol–water partition coefficient (Wildman–Crippen LogP) is 0.243. The van der Waals surface area contributed by atoms with Gasteiger partial charge in [0.2, 0.25) is 5.91 Å². The van der Waals surface area contributed by atoms with Gasteiger partial charge in [-0.15, -0.1) is 0 Å². The Balaban J connectivity index is 2.05. The fourth-order valence-corrected chi connectivity index (χ4v) is 2.60. The van der Waals surface area contributed by atoms with Gasteiger partial charge >= 0.3 is 0 Å². The van der Waals surface area contributed by atoms with Crippen LogP contribution in [0.4, 0.5) is 0 Å². The largest absolute Gasteiger partial charge is 0.334 e. The van der Waals surface area contributed by atoms with E-state index < -0.39 is 0 Å². The van der Waals surface area contributed by atoms with Gasteiger partial charge in [-0.3, -0.25) is 9.59 Å². The molecular formula is C13H22N4O2. The van der Waals surface area contributed by atoms with Gasteiger partial charge in [-0.2, -0.15) is 5.10 Å². The van der Waals surface area contributed by atoms with Crippen LogP contribution in [0, 0.1) is 0 Å². The Morgan fingerprint density at radius 3 is 2.68 bits per heavy atom. The van der Waals surface area contributed by atoms with Crippen molar-refractivity contribution in [1.82, 2.24) is 15.6 Å². The summed E-state index contributed by atoms with van der Waals surface area (Å²) in [5, 5.41) is 7.23. The standard InChI is InChI=1S/C13H22N4O2/c1-2-9-17(10-5-7-14-8-6-10)13(19)11-3-4-12(18)16-15-11/h10,14H,2-9H2,1H3,(H,16,18). The summed E-state index contributed by atoms with van der Waals surface area (Å²) in [6.45, 7) is 4.75. The molecular weight excluding hydrogens is 244 g/mol. The van der Waals surface area contributed by atoms with Crippen LogP contribution in [0.25, 0.3) is 0 Å². The van der Waals surface area contributed by atoms with E-state index in [2.05, 4.69) is 22.8 Å². The molecule has 2 N–H and O–H groups in total. The third-order valence-corrected chi connectivity index (χ3v) is 3.63. The fourth-order valence-electron chi connectivity index (χ4n) is 2.60. The molecule has 1 fully saturated rings. The molecule has 0 atom stereocenters. The summed E-state index contributed by atoms with van der Waals surface area (Å²) < 4.78 is 0. The van der Waals surface area contributed by atoms with Gasteiger partial charge in [0, 0.05) is 25.4 Å². The Kier molecular flexibility index (Phi) is 4.90. The van der Waals surface area contributed by atoms with Crippen molar-refractivity contribution in [3.8, 4) is 0 Å². The second-order valence-corrected chi connectivity index (χ2v) is 5.07. The SMILES string of the molecule is CCCN(C(=O)C1=NNC(=O)CC1)C1CCNCC1. The van der Waals surface area contributed by atoms with Gasteiger partial charge in [0.05, 0.1) is 0 Å². The number of carbonyl (C=O) groups is 2. The molecule has 0 unspecified atom stereocenters. The Hall–Kier alpha value is -1.43. The van der Waals surface area contributed by atoms with Crippen molar-refractivity contribution in [3.05, 3.63) is 0 Å². The number of hydrogen-bond donors (Lipinski definition) is 2. The summed E-state index contributed by atoms with van der Waals surface area (Å²) in [7, 11) is 0. The van der Waals surface area contributed by atoms with Crippen LogP contribution in [0.15, 0.2) is 5.10 Å². The zero-order valence-corrected chi connectivity index (χ0v) is 11.4. The lowest BCUT2D eigenvalue weighted by atomic mass is 10.0. The van der Waals surface area contributed by atoms with Gasteiger partial charge in [-0.25, -0.2) is 5.43 Å². The number of amides is 2. The lowest BCUT2D eigenvalue weighted by Gasteiger charge is -2.35. The van der Waals surface area contributed by atoms with Crippen molar-refractivity contribution in [2.45, 2.75) is 45.1 Å². The number of nitrogens with zero attached hydrogens (tertiary/aromatic N) is 2. The van der Waals surface area contributed by atoms with Crippen LogP contribution in [0.3, 0.4) is 0 Å². The first-order chi connectivity index (χ1) is 9.22. The molecule has 0 aromatic rings. The molecule has 0 bridgehead atoms. The van der Waals surface area contributed by atoms with Crippen molar-refractivity contribution < 1.29 is 9.59 Å². The van der Waals surface area contributed by atoms with E-state index in [0.29, 0.717) is 24.6 Å². The first-order valence-corrected chi connectivity index (χ1v) is 7.09. The quantitative estimate of drug-likeness (QED) is 0.765. The second kappa shape index (κ2) is 6.65. The maximum Gasteiger partial charge on any atom is 0.270 e. The van der Waals surface area contributed by atoms with E-state index in [-0.39, 0.29) is 11.8 Å². The van der Waals surface area contributed by atoms with E-state index in [4.69, 9.17) is 0 Å². The summed E-state index contributed by atoms with van der Waals surface area (Å²) in [4.78, 5) is 25.5. The van der Waals surface area contributed by atoms with Crippen LogP contribution in [0.1, 0.15) is 39.0 Å². The zero-order chi connectivity index (χ0) is 13.7. The maximum absolute atomic E-state index is 12.5. The molecule has 6 heteroatoms. The Bertz CT molecular complexity index is 375. The average Bonchev–Trinajstić information content (AvgIpc) is 2.46. The number of piperidine rings is 1. The van der Waals surface area contributed by atoms with E-state index in [0.717, 1.165) is 38.9 Å². The third kappa shape index (κ3) is 3.53. The normalized spacial score (nSPS) is 20.7. The number of nitrogens with one attached hydrogen (secondary N) is 2. The van der Waals surface area contributed by atoms with Crippen molar-refractivity contribution in [2.24, 2.45) is 5.10 Å². The molecule has 2 aliphatic rings. The number of carbonyl (C=O) groups excluding carboxylic acids is 2. The first kappa shape index (κ1) is 14.0. The molecule has 19 heavy (non-hydrogen) atoms. The van der Waals surface area contributed by atoms with Gasteiger partial charge in [0.25, 0.3) is 5.91 Å². The zero-order valence-electron chi connectivity index (χ0n) is 11.4. The molecule has 0 aliphatic carbocycles. The van der Waals surface area contributed by atoms with Gasteiger partial charge in [0.15, 0.2) is 0 Å². The molecule has 0 spiro atoms. The fraction of sp³-hybridized carbons (Fsp3) is 0.769. The second-order valence-electron chi connectivity index (χ2n) is 5.07. The Morgan fingerprint density at radius 2 is 2.11 bits per heavy atom. The van der Waals surface area contributed by atoms with Crippen LogP contribution >= 0.6 is 0 Å². The van der Waals surface area contributed by atoms with Crippen LogP contribution in [0.2, 0.25) is 0 Å². The first-order valence-electron chi connectivity index (χ1n) is 7.09. The third-order valence-electron chi connectivity index (χ3n) is 3.63. The average molecular weight is 266 g/mol. The monoisotopic (exact) mass is 266 g/mol. The van der Waals surface area contributed by atoms with Crippen LogP contribution in [-0.4, -0.2) is 48.1 Å². The summed E-state index contributed by atoms with van der Waals surface area (Å²) in [6, 6.07) is 0.300. The predicted molar refractivity (Wildman–Crippen MR) is 72.7 cm³/mol. The Labute approximate surface area is 113 Å². The minimum absolute atomic E-state index is 0.00579.